The van der Waals surface area contributed by atoms with Crippen molar-refractivity contribution in [2.45, 2.75) is 37.1 Å². The van der Waals surface area contributed by atoms with Gasteiger partial charge in [-0.1, -0.05) is 36.4 Å². The molecule has 172 valence electrons. The molecular weight excluding hydrogens is 426 g/mol. The standard InChI is InChI=1S/C24H31N3O4S/c1-31-22-11-10-19(16-20(22)26-32(2,29)30)24(12-13-24)23(28)25-21(17-27-14-6-7-15-27)18-8-4-3-5-9-18/h3-5,8-11,16,21,26H,6-7,12-15,17H2,1-2H3,(H,25,28)/t21-/m1/s1. The molecule has 1 heterocycles. The summed E-state index contributed by atoms with van der Waals surface area (Å²) in [6, 6.07) is 15.3. The maximum Gasteiger partial charge on any atom is 0.231 e. The van der Waals surface area contributed by atoms with Gasteiger partial charge in [0.1, 0.15) is 5.75 Å². The van der Waals surface area contributed by atoms with Crippen LogP contribution in [0.4, 0.5) is 5.69 Å². The first-order valence-corrected chi connectivity index (χ1v) is 12.9. The zero-order valence-corrected chi connectivity index (χ0v) is 19.5. The summed E-state index contributed by atoms with van der Waals surface area (Å²) in [5.41, 5.74) is 1.61. The smallest absolute Gasteiger partial charge is 0.231 e. The SMILES string of the molecule is COc1ccc(C2(C(=O)N[C@H](CN3CCCC3)c3ccccc3)CC2)cc1NS(C)(=O)=O. The molecule has 2 aromatic rings. The van der Waals surface area contributed by atoms with Crippen LogP contribution in [-0.2, 0) is 20.2 Å². The van der Waals surface area contributed by atoms with E-state index in [1.165, 1.54) is 20.0 Å². The molecule has 0 bridgehead atoms. The fourth-order valence-electron chi connectivity index (χ4n) is 4.50. The summed E-state index contributed by atoms with van der Waals surface area (Å²) in [6.07, 6.45) is 4.95. The first-order valence-electron chi connectivity index (χ1n) is 11.1. The normalized spacial score (nSPS) is 18.7. The van der Waals surface area contributed by atoms with E-state index in [1.807, 2.05) is 24.3 Å². The molecule has 8 heteroatoms. The second kappa shape index (κ2) is 9.11. The number of methoxy groups -OCH3 is 1. The molecule has 7 nitrogen and oxygen atoms in total. The predicted octanol–water partition coefficient (Wildman–Crippen LogP) is 3.05. The van der Waals surface area contributed by atoms with Crippen LogP contribution in [-0.4, -0.2) is 52.2 Å². The number of nitrogens with zero attached hydrogens (tertiary/aromatic N) is 1. The number of ether oxygens (including phenoxy) is 1. The average Bonchev–Trinajstić information content (AvgIpc) is 3.43. The van der Waals surface area contributed by atoms with Gasteiger partial charge in [-0.25, -0.2) is 8.42 Å². The predicted molar refractivity (Wildman–Crippen MR) is 125 cm³/mol. The van der Waals surface area contributed by atoms with Crippen LogP contribution >= 0.6 is 0 Å². The van der Waals surface area contributed by atoms with Crippen molar-refractivity contribution in [3.8, 4) is 5.75 Å². The van der Waals surface area contributed by atoms with Crippen LogP contribution in [0.5, 0.6) is 5.75 Å². The molecule has 1 aliphatic heterocycles. The Balaban J connectivity index is 1.58. The summed E-state index contributed by atoms with van der Waals surface area (Å²) < 4.78 is 31.4. The van der Waals surface area contributed by atoms with E-state index in [0.717, 1.165) is 49.9 Å². The maximum atomic E-state index is 13.5. The Labute approximate surface area is 190 Å². The van der Waals surface area contributed by atoms with Gasteiger partial charge in [0.15, 0.2) is 0 Å². The average molecular weight is 458 g/mol. The van der Waals surface area contributed by atoms with Crippen LogP contribution in [0, 0.1) is 0 Å². The fourth-order valence-corrected chi connectivity index (χ4v) is 5.06. The van der Waals surface area contributed by atoms with Crippen LogP contribution in [0.1, 0.15) is 42.9 Å². The van der Waals surface area contributed by atoms with Crippen molar-refractivity contribution in [1.82, 2.24) is 10.2 Å². The van der Waals surface area contributed by atoms with Crippen molar-refractivity contribution < 1.29 is 17.9 Å². The van der Waals surface area contributed by atoms with Crippen molar-refractivity contribution in [3.05, 3.63) is 59.7 Å². The van der Waals surface area contributed by atoms with E-state index in [9.17, 15) is 13.2 Å². The van der Waals surface area contributed by atoms with E-state index < -0.39 is 15.4 Å². The summed E-state index contributed by atoms with van der Waals surface area (Å²) in [5, 5.41) is 3.31. The van der Waals surface area contributed by atoms with Crippen LogP contribution in [0.25, 0.3) is 0 Å². The Morgan fingerprint density at radius 1 is 1.12 bits per heavy atom. The molecule has 1 atom stereocenters. The molecule has 4 rings (SSSR count). The van der Waals surface area contributed by atoms with Gasteiger partial charge in [-0.15, -0.1) is 0 Å². The number of carbonyl (C=O) groups is 1. The van der Waals surface area contributed by atoms with Gasteiger partial charge in [-0.3, -0.25) is 9.52 Å². The number of carbonyl (C=O) groups excluding carboxylic acids is 1. The maximum absolute atomic E-state index is 13.5. The van der Waals surface area contributed by atoms with Crippen molar-refractivity contribution in [1.29, 1.82) is 0 Å². The van der Waals surface area contributed by atoms with E-state index in [-0.39, 0.29) is 11.9 Å². The second-order valence-corrected chi connectivity index (χ2v) is 10.6. The molecule has 2 aromatic carbocycles. The van der Waals surface area contributed by atoms with E-state index in [0.29, 0.717) is 11.4 Å². The zero-order valence-electron chi connectivity index (χ0n) is 18.6. The number of likely N-dealkylation sites (tertiary alicyclic amines) is 1. The molecule has 32 heavy (non-hydrogen) atoms. The quantitative estimate of drug-likeness (QED) is 0.604. The van der Waals surface area contributed by atoms with E-state index in [2.05, 4.69) is 27.1 Å². The zero-order chi connectivity index (χ0) is 22.8. The van der Waals surface area contributed by atoms with Gasteiger partial charge in [0.2, 0.25) is 15.9 Å². The summed E-state index contributed by atoms with van der Waals surface area (Å²) in [5.74, 6) is 0.410. The first-order chi connectivity index (χ1) is 15.3. The number of anilines is 1. The van der Waals surface area contributed by atoms with Crippen LogP contribution in [0.3, 0.4) is 0 Å². The lowest BCUT2D eigenvalue weighted by molar-refractivity contribution is -0.124. The molecule has 1 saturated carbocycles. The van der Waals surface area contributed by atoms with E-state index in [1.54, 1.807) is 12.1 Å². The topological polar surface area (TPSA) is 87.7 Å². The van der Waals surface area contributed by atoms with Crippen molar-refractivity contribution in [2.75, 3.05) is 37.7 Å². The molecule has 0 aromatic heterocycles. The molecule has 1 saturated heterocycles. The van der Waals surface area contributed by atoms with Crippen LogP contribution < -0.4 is 14.8 Å². The Morgan fingerprint density at radius 2 is 1.81 bits per heavy atom. The highest BCUT2D eigenvalue weighted by molar-refractivity contribution is 7.92. The molecule has 2 fully saturated rings. The molecule has 1 amide bonds. The summed E-state index contributed by atoms with van der Waals surface area (Å²) in [6.45, 7) is 2.90. The number of hydrogen-bond acceptors (Lipinski definition) is 5. The lowest BCUT2D eigenvalue weighted by Crippen LogP contribution is -2.41. The Kier molecular flexibility index (Phi) is 6.44. The first kappa shape index (κ1) is 22.6. The number of sulfonamides is 1. The fraction of sp³-hybridized carbons (Fsp3) is 0.458. The highest BCUT2D eigenvalue weighted by Gasteiger charge is 2.52. The minimum absolute atomic E-state index is 0.0129. The summed E-state index contributed by atoms with van der Waals surface area (Å²) in [4.78, 5) is 15.9. The molecular formula is C24H31N3O4S. The summed E-state index contributed by atoms with van der Waals surface area (Å²) in [7, 11) is -1.99. The van der Waals surface area contributed by atoms with Crippen LogP contribution in [0.2, 0.25) is 0 Å². The number of nitrogens with one attached hydrogen (secondary N) is 2. The Hall–Kier alpha value is -2.58. The third-order valence-electron chi connectivity index (χ3n) is 6.38. The van der Waals surface area contributed by atoms with E-state index >= 15 is 0 Å². The van der Waals surface area contributed by atoms with Gasteiger partial charge in [-0.2, -0.15) is 0 Å². The van der Waals surface area contributed by atoms with Crippen molar-refractivity contribution >= 4 is 21.6 Å². The number of hydrogen-bond donors (Lipinski definition) is 2. The number of rotatable bonds is 9. The third-order valence-corrected chi connectivity index (χ3v) is 6.97. The Morgan fingerprint density at radius 3 is 2.41 bits per heavy atom. The van der Waals surface area contributed by atoms with Gasteiger partial charge >= 0.3 is 0 Å². The van der Waals surface area contributed by atoms with Crippen LogP contribution in [0.15, 0.2) is 48.5 Å². The third kappa shape index (κ3) is 5.07. The summed E-state index contributed by atoms with van der Waals surface area (Å²) >= 11 is 0. The van der Waals surface area contributed by atoms with Gasteiger partial charge in [0.25, 0.3) is 0 Å². The van der Waals surface area contributed by atoms with Gasteiger partial charge in [0.05, 0.1) is 30.5 Å². The van der Waals surface area contributed by atoms with Crippen molar-refractivity contribution in [2.24, 2.45) is 0 Å². The van der Waals surface area contributed by atoms with E-state index in [4.69, 9.17) is 4.74 Å². The number of benzene rings is 2. The highest BCUT2D eigenvalue weighted by Crippen LogP contribution is 2.50. The highest BCUT2D eigenvalue weighted by atomic mass is 32.2. The number of amides is 1. The minimum atomic E-state index is -3.48. The lowest BCUT2D eigenvalue weighted by Gasteiger charge is -2.27. The Bertz CT molecular complexity index is 1060. The van der Waals surface area contributed by atoms with Gasteiger partial charge in [0, 0.05) is 6.54 Å². The molecule has 2 N–H and O–H groups in total. The van der Waals surface area contributed by atoms with Crippen molar-refractivity contribution in [3.63, 3.8) is 0 Å². The molecule has 0 spiro atoms. The molecule has 2 aliphatic rings. The second-order valence-electron chi connectivity index (χ2n) is 8.82. The largest absolute Gasteiger partial charge is 0.495 e. The molecule has 1 aliphatic carbocycles. The molecule has 0 unspecified atom stereocenters. The molecule has 0 radical (unpaired) electrons. The minimum Gasteiger partial charge on any atom is -0.495 e. The lowest BCUT2D eigenvalue weighted by atomic mass is 9.93. The van der Waals surface area contributed by atoms with Gasteiger partial charge in [-0.05, 0) is 62.0 Å². The monoisotopic (exact) mass is 457 g/mol. The van der Waals surface area contributed by atoms with Gasteiger partial charge < -0.3 is 15.0 Å².